The van der Waals surface area contributed by atoms with Crippen LogP contribution in [0.15, 0.2) is 30.3 Å². The van der Waals surface area contributed by atoms with Crippen LogP contribution < -0.4 is 5.73 Å². The third-order valence-corrected chi connectivity index (χ3v) is 6.34. The van der Waals surface area contributed by atoms with E-state index < -0.39 is 6.04 Å². The Morgan fingerprint density at radius 1 is 1.27 bits per heavy atom. The highest BCUT2D eigenvalue weighted by molar-refractivity contribution is 8.00. The van der Waals surface area contributed by atoms with Gasteiger partial charge in [-0.1, -0.05) is 30.3 Å². The van der Waals surface area contributed by atoms with Crippen LogP contribution in [0.4, 0.5) is 0 Å². The summed E-state index contributed by atoms with van der Waals surface area (Å²) in [6.07, 6.45) is 3.43. The number of carbonyl (C=O) groups is 1. The monoisotopic (exact) mass is 373 g/mol. The van der Waals surface area contributed by atoms with Crippen LogP contribution in [0.2, 0.25) is 0 Å². The summed E-state index contributed by atoms with van der Waals surface area (Å²) in [5.41, 5.74) is 7.43. The molecule has 0 radical (unpaired) electrons. The molecule has 0 bridgehead atoms. The largest absolute Gasteiger partial charge is 0.339 e. The Morgan fingerprint density at radius 3 is 2.69 bits per heavy atom. The first kappa shape index (κ1) is 18.9. The molecule has 1 amide bonds. The Morgan fingerprint density at radius 2 is 2.00 bits per heavy atom. The Hall–Kier alpha value is -1.86. The lowest BCUT2D eigenvalue weighted by Gasteiger charge is -2.32. The number of aromatic nitrogens is 3. The van der Waals surface area contributed by atoms with Crippen LogP contribution in [0, 0.1) is 0 Å². The number of hydrogen-bond acceptors (Lipinski definition) is 5. The lowest BCUT2D eigenvalue weighted by Crippen LogP contribution is -2.53. The molecule has 7 heteroatoms. The number of thioether (sulfide) groups is 1. The van der Waals surface area contributed by atoms with Gasteiger partial charge in [0, 0.05) is 30.7 Å². The Labute approximate surface area is 159 Å². The Balaban J connectivity index is 1.65. The van der Waals surface area contributed by atoms with Gasteiger partial charge in [0.1, 0.15) is 5.82 Å². The molecule has 140 valence electrons. The van der Waals surface area contributed by atoms with Crippen molar-refractivity contribution in [1.82, 2.24) is 19.7 Å². The Kier molecular flexibility index (Phi) is 5.67. The van der Waals surface area contributed by atoms with Crippen molar-refractivity contribution >= 4 is 17.7 Å². The molecule has 2 N–H and O–H groups in total. The molecule has 0 fully saturated rings. The second-order valence-electron chi connectivity index (χ2n) is 7.19. The first-order valence-corrected chi connectivity index (χ1v) is 10.2. The fraction of sp³-hybridized carbons (Fsp3) is 0.526. The number of benzene rings is 1. The van der Waals surface area contributed by atoms with Crippen molar-refractivity contribution in [3.63, 3.8) is 0 Å². The molecule has 6 nitrogen and oxygen atoms in total. The Bertz CT molecular complexity index is 733. The van der Waals surface area contributed by atoms with Gasteiger partial charge in [-0.15, -0.1) is 0 Å². The molecular formula is C19H27N5OS. The quantitative estimate of drug-likeness (QED) is 0.864. The van der Waals surface area contributed by atoms with E-state index in [0.717, 1.165) is 18.1 Å². The number of nitrogens with two attached hydrogens (primary N) is 1. The van der Waals surface area contributed by atoms with E-state index in [1.807, 2.05) is 47.9 Å². The SMILES string of the molecule is CSC(C)(C)[C@H](N)C(=O)N1CCc2nc(Cc3ccccc3)nn2CC1. The highest BCUT2D eigenvalue weighted by Gasteiger charge is 2.34. The summed E-state index contributed by atoms with van der Waals surface area (Å²) in [6.45, 7) is 5.95. The zero-order valence-electron chi connectivity index (χ0n) is 15.7. The summed E-state index contributed by atoms with van der Waals surface area (Å²) in [4.78, 5) is 19.3. The maximum atomic E-state index is 12.8. The molecule has 3 rings (SSSR count). The third kappa shape index (κ3) is 4.10. The number of hydrogen-bond donors (Lipinski definition) is 1. The average Bonchev–Trinajstić information content (AvgIpc) is 2.92. The van der Waals surface area contributed by atoms with E-state index in [4.69, 9.17) is 5.73 Å². The van der Waals surface area contributed by atoms with Gasteiger partial charge in [-0.25, -0.2) is 9.67 Å². The molecule has 0 aliphatic carbocycles. The van der Waals surface area contributed by atoms with Crippen LogP contribution in [-0.4, -0.2) is 55.7 Å². The molecule has 1 aromatic carbocycles. The van der Waals surface area contributed by atoms with Crippen molar-refractivity contribution in [2.75, 3.05) is 19.3 Å². The molecular weight excluding hydrogens is 346 g/mol. The second-order valence-corrected chi connectivity index (χ2v) is 8.65. The van der Waals surface area contributed by atoms with Crippen molar-refractivity contribution in [3.8, 4) is 0 Å². The first-order valence-electron chi connectivity index (χ1n) is 8.97. The van der Waals surface area contributed by atoms with E-state index in [-0.39, 0.29) is 10.7 Å². The summed E-state index contributed by atoms with van der Waals surface area (Å²) in [5, 5.41) is 4.64. The predicted molar refractivity (Wildman–Crippen MR) is 105 cm³/mol. The average molecular weight is 374 g/mol. The van der Waals surface area contributed by atoms with E-state index in [1.54, 1.807) is 11.8 Å². The minimum Gasteiger partial charge on any atom is -0.339 e. The van der Waals surface area contributed by atoms with Crippen LogP contribution in [0.3, 0.4) is 0 Å². The molecule has 0 saturated heterocycles. The number of amides is 1. The van der Waals surface area contributed by atoms with Crippen LogP contribution >= 0.6 is 11.8 Å². The van der Waals surface area contributed by atoms with Crippen LogP contribution in [0.5, 0.6) is 0 Å². The topological polar surface area (TPSA) is 77.0 Å². The van der Waals surface area contributed by atoms with Gasteiger partial charge >= 0.3 is 0 Å². The zero-order valence-corrected chi connectivity index (χ0v) is 16.5. The standard InChI is InChI=1S/C19H27N5OS/c1-19(2,26-3)17(20)18(25)23-10-9-16-21-15(22-24(16)12-11-23)13-14-7-5-4-6-8-14/h4-8,17H,9-13,20H2,1-3H3/t17-/m1/s1. The van der Waals surface area contributed by atoms with Crippen molar-refractivity contribution in [1.29, 1.82) is 0 Å². The van der Waals surface area contributed by atoms with E-state index in [1.165, 1.54) is 5.56 Å². The summed E-state index contributed by atoms with van der Waals surface area (Å²) in [6, 6.07) is 9.72. The minimum atomic E-state index is -0.510. The predicted octanol–water partition coefficient (Wildman–Crippen LogP) is 1.72. The maximum absolute atomic E-state index is 12.8. The van der Waals surface area contributed by atoms with E-state index in [2.05, 4.69) is 22.2 Å². The van der Waals surface area contributed by atoms with E-state index in [0.29, 0.717) is 26.1 Å². The van der Waals surface area contributed by atoms with Gasteiger partial charge in [0.25, 0.3) is 0 Å². The highest BCUT2D eigenvalue weighted by Crippen LogP contribution is 2.25. The molecule has 1 atom stereocenters. The van der Waals surface area contributed by atoms with Crippen molar-refractivity contribution in [3.05, 3.63) is 47.5 Å². The van der Waals surface area contributed by atoms with Gasteiger partial charge in [0.2, 0.25) is 5.91 Å². The van der Waals surface area contributed by atoms with Gasteiger partial charge in [-0.3, -0.25) is 4.79 Å². The summed E-state index contributed by atoms with van der Waals surface area (Å²) in [7, 11) is 0. The lowest BCUT2D eigenvalue weighted by molar-refractivity contribution is -0.133. The summed E-state index contributed by atoms with van der Waals surface area (Å²) in [5.74, 6) is 1.80. The molecule has 1 aliphatic rings. The van der Waals surface area contributed by atoms with E-state index in [9.17, 15) is 4.79 Å². The van der Waals surface area contributed by atoms with Crippen molar-refractivity contribution in [2.24, 2.45) is 5.73 Å². The number of nitrogens with zero attached hydrogens (tertiary/aromatic N) is 4. The highest BCUT2D eigenvalue weighted by atomic mass is 32.2. The summed E-state index contributed by atoms with van der Waals surface area (Å²) >= 11 is 1.62. The first-order chi connectivity index (χ1) is 12.4. The molecule has 26 heavy (non-hydrogen) atoms. The minimum absolute atomic E-state index is 0.0135. The normalized spacial score (nSPS) is 16.1. The summed E-state index contributed by atoms with van der Waals surface area (Å²) < 4.78 is 1.66. The molecule has 0 unspecified atom stereocenters. The van der Waals surface area contributed by atoms with Gasteiger partial charge in [-0.2, -0.15) is 16.9 Å². The van der Waals surface area contributed by atoms with E-state index >= 15 is 0 Å². The fourth-order valence-corrected chi connectivity index (χ4v) is 3.40. The molecule has 2 aromatic rings. The molecule has 2 heterocycles. The van der Waals surface area contributed by atoms with Crippen molar-refractivity contribution < 1.29 is 4.79 Å². The van der Waals surface area contributed by atoms with Crippen LogP contribution in [0.25, 0.3) is 0 Å². The second kappa shape index (κ2) is 7.80. The smallest absolute Gasteiger partial charge is 0.240 e. The van der Waals surface area contributed by atoms with Gasteiger partial charge in [0.05, 0.1) is 12.6 Å². The van der Waals surface area contributed by atoms with Crippen LogP contribution in [0.1, 0.15) is 31.1 Å². The molecule has 0 saturated carbocycles. The van der Waals surface area contributed by atoms with Crippen molar-refractivity contribution in [2.45, 2.75) is 44.0 Å². The number of rotatable bonds is 5. The molecule has 1 aliphatic heterocycles. The fourth-order valence-electron chi connectivity index (χ4n) is 3.05. The third-order valence-electron chi connectivity index (χ3n) is 5.04. The molecule has 0 spiro atoms. The maximum Gasteiger partial charge on any atom is 0.240 e. The van der Waals surface area contributed by atoms with Gasteiger partial charge in [0.15, 0.2) is 5.82 Å². The molecule has 1 aromatic heterocycles. The lowest BCUT2D eigenvalue weighted by atomic mass is 10.0. The number of fused-ring (bicyclic) bond motifs is 1. The van der Waals surface area contributed by atoms with Gasteiger partial charge < -0.3 is 10.6 Å². The number of carbonyl (C=O) groups excluding carboxylic acids is 1. The van der Waals surface area contributed by atoms with Gasteiger partial charge in [-0.05, 0) is 25.7 Å². The van der Waals surface area contributed by atoms with Crippen LogP contribution in [-0.2, 0) is 24.2 Å². The zero-order chi connectivity index (χ0) is 18.7.